The number of nitrogens with zero attached hydrogens (tertiary/aromatic N) is 1. The van der Waals surface area contributed by atoms with Crippen LogP contribution in [0.1, 0.15) is 39.2 Å². The summed E-state index contributed by atoms with van der Waals surface area (Å²) >= 11 is 0. The van der Waals surface area contributed by atoms with Crippen molar-refractivity contribution in [2.75, 3.05) is 0 Å². The third kappa shape index (κ3) is 4.39. The molecule has 0 unspecified atom stereocenters. The average Bonchev–Trinajstić information content (AvgIpc) is 3.38. The van der Waals surface area contributed by atoms with E-state index in [1.165, 1.54) is 6.07 Å². The number of allylic oxidation sites excluding steroid dienone is 5. The number of hydroxylamine groups is 1. The van der Waals surface area contributed by atoms with Crippen LogP contribution in [0.3, 0.4) is 0 Å². The molecule has 0 aliphatic heterocycles. The molecular weight excluding hydrogens is 291 g/mol. The van der Waals surface area contributed by atoms with Gasteiger partial charge in [0.1, 0.15) is 5.82 Å². The van der Waals surface area contributed by atoms with Gasteiger partial charge in [0.05, 0.1) is 11.3 Å². The number of rotatable bonds is 5. The van der Waals surface area contributed by atoms with Gasteiger partial charge in [-0.3, -0.25) is 10.7 Å². The SMILES string of the molecule is C\C=C(/C(=C\C(C)=C\C)N=C(NO)c1ccccc1F)C1CC1. The summed E-state index contributed by atoms with van der Waals surface area (Å²) in [4.78, 5) is 4.51. The largest absolute Gasteiger partial charge is 0.290 e. The monoisotopic (exact) mass is 314 g/mol. The Hall–Kier alpha value is -2.20. The van der Waals surface area contributed by atoms with Gasteiger partial charge < -0.3 is 0 Å². The second-order valence-corrected chi connectivity index (χ2v) is 5.63. The van der Waals surface area contributed by atoms with Crippen LogP contribution in [-0.2, 0) is 0 Å². The van der Waals surface area contributed by atoms with Crippen molar-refractivity contribution < 1.29 is 9.60 Å². The molecule has 1 aliphatic rings. The molecule has 0 radical (unpaired) electrons. The van der Waals surface area contributed by atoms with E-state index in [9.17, 15) is 9.60 Å². The van der Waals surface area contributed by atoms with E-state index in [1.807, 2.05) is 44.5 Å². The molecule has 0 aromatic heterocycles. The van der Waals surface area contributed by atoms with E-state index >= 15 is 0 Å². The Morgan fingerprint density at radius 2 is 1.96 bits per heavy atom. The minimum absolute atomic E-state index is 0.109. The number of aliphatic imine (C=N–C) groups is 1. The fourth-order valence-corrected chi connectivity index (χ4v) is 2.39. The molecule has 0 heterocycles. The van der Waals surface area contributed by atoms with Gasteiger partial charge in [-0.25, -0.2) is 9.38 Å². The quantitative estimate of drug-likeness (QED) is 0.356. The summed E-state index contributed by atoms with van der Waals surface area (Å²) in [7, 11) is 0. The van der Waals surface area contributed by atoms with Gasteiger partial charge >= 0.3 is 0 Å². The molecule has 0 amide bonds. The molecule has 1 fully saturated rings. The average molecular weight is 314 g/mol. The number of hydrogen-bond donors (Lipinski definition) is 2. The highest BCUT2D eigenvalue weighted by atomic mass is 19.1. The van der Waals surface area contributed by atoms with E-state index in [0.29, 0.717) is 5.92 Å². The highest BCUT2D eigenvalue weighted by Gasteiger charge is 2.28. The zero-order valence-electron chi connectivity index (χ0n) is 13.8. The molecule has 0 saturated heterocycles. The first-order valence-electron chi connectivity index (χ1n) is 7.85. The van der Waals surface area contributed by atoms with Crippen molar-refractivity contribution in [2.24, 2.45) is 10.9 Å². The fraction of sp³-hybridized carbons (Fsp3) is 0.316. The van der Waals surface area contributed by atoms with E-state index < -0.39 is 5.82 Å². The highest BCUT2D eigenvalue weighted by molar-refractivity contribution is 5.99. The van der Waals surface area contributed by atoms with Gasteiger partial charge in [0.2, 0.25) is 0 Å². The zero-order chi connectivity index (χ0) is 16.8. The first-order chi connectivity index (χ1) is 11.1. The maximum absolute atomic E-state index is 14.0. The molecule has 0 spiro atoms. The van der Waals surface area contributed by atoms with Crippen molar-refractivity contribution in [3.05, 3.63) is 70.7 Å². The molecule has 122 valence electrons. The summed E-state index contributed by atoms with van der Waals surface area (Å²) in [6.45, 7) is 5.93. The van der Waals surface area contributed by atoms with Crippen molar-refractivity contribution in [3.8, 4) is 0 Å². The van der Waals surface area contributed by atoms with Gasteiger partial charge in [-0.1, -0.05) is 29.9 Å². The van der Waals surface area contributed by atoms with E-state index in [4.69, 9.17) is 0 Å². The summed E-state index contributed by atoms with van der Waals surface area (Å²) in [5.41, 5.74) is 5.24. The minimum atomic E-state index is -0.427. The Morgan fingerprint density at radius 3 is 2.48 bits per heavy atom. The highest BCUT2D eigenvalue weighted by Crippen LogP contribution is 2.40. The van der Waals surface area contributed by atoms with Gasteiger partial charge in [-0.2, -0.15) is 0 Å². The van der Waals surface area contributed by atoms with Gasteiger partial charge in [0, 0.05) is 0 Å². The molecule has 1 aliphatic carbocycles. The maximum atomic E-state index is 14.0. The molecule has 1 saturated carbocycles. The van der Waals surface area contributed by atoms with Crippen LogP contribution in [0.4, 0.5) is 4.39 Å². The standard InChI is InChI=1S/C19H23FN2O/c1-4-13(3)12-18(15(5-2)14-10-11-14)21-19(22-23)16-8-6-7-9-17(16)20/h4-9,12,14,23H,10-11H2,1-3H3,(H,21,22)/b13-4+,15-5-,18-12+. The molecular formula is C19H23FN2O. The van der Waals surface area contributed by atoms with E-state index in [0.717, 1.165) is 29.7 Å². The van der Waals surface area contributed by atoms with Gasteiger partial charge in [0.25, 0.3) is 0 Å². The molecule has 2 N–H and O–H groups in total. The van der Waals surface area contributed by atoms with Gasteiger partial charge in [-0.15, -0.1) is 0 Å². The second kappa shape index (κ2) is 7.88. The van der Waals surface area contributed by atoms with Crippen molar-refractivity contribution in [1.82, 2.24) is 5.48 Å². The summed E-state index contributed by atoms with van der Waals surface area (Å²) in [6, 6.07) is 6.25. The van der Waals surface area contributed by atoms with Gasteiger partial charge in [0.15, 0.2) is 5.84 Å². The Balaban J connectivity index is 2.50. The minimum Gasteiger partial charge on any atom is -0.290 e. The Kier molecular flexibility index (Phi) is 5.88. The first kappa shape index (κ1) is 17.2. The van der Waals surface area contributed by atoms with Crippen LogP contribution < -0.4 is 5.48 Å². The Morgan fingerprint density at radius 1 is 1.26 bits per heavy atom. The molecule has 1 aromatic rings. The third-order valence-corrected chi connectivity index (χ3v) is 3.91. The molecule has 0 bridgehead atoms. The predicted molar refractivity (Wildman–Crippen MR) is 91.9 cm³/mol. The van der Waals surface area contributed by atoms with Crippen LogP contribution >= 0.6 is 0 Å². The summed E-state index contributed by atoms with van der Waals surface area (Å²) in [5.74, 6) is 0.182. The number of nitrogens with one attached hydrogen (secondary N) is 1. The zero-order valence-corrected chi connectivity index (χ0v) is 13.8. The number of benzene rings is 1. The molecule has 2 rings (SSSR count). The van der Waals surface area contributed by atoms with Crippen LogP contribution in [0.2, 0.25) is 0 Å². The van der Waals surface area contributed by atoms with Crippen LogP contribution in [0.5, 0.6) is 0 Å². The summed E-state index contributed by atoms with van der Waals surface area (Å²) < 4.78 is 14.0. The smallest absolute Gasteiger partial charge is 0.160 e. The number of amidine groups is 1. The van der Waals surface area contributed by atoms with Crippen LogP contribution in [0.15, 0.2) is 64.3 Å². The third-order valence-electron chi connectivity index (χ3n) is 3.91. The van der Waals surface area contributed by atoms with Crippen molar-refractivity contribution in [1.29, 1.82) is 0 Å². The van der Waals surface area contributed by atoms with Crippen LogP contribution in [0.25, 0.3) is 0 Å². The fourth-order valence-electron chi connectivity index (χ4n) is 2.39. The lowest BCUT2D eigenvalue weighted by molar-refractivity contribution is 0.234. The first-order valence-corrected chi connectivity index (χ1v) is 7.85. The molecule has 0 atom stereocenters. The molecule has 3 nitrogen and oxygen atoms in total. The van der Waals surface area contributed by atoms with Crippen molar-refractivity contribution >= 4 is 5.84 Å². The van der Waals surface area contributed by atoms with E-state index in [-0.39, 0.29) is 11.4 Å². The van der Waals surface area contributed by atoms with E-state index in [2.05, 4.69) is 4.99 Å². The lowest BCUT2D eigenvalue weighted by Crippen LogP contribution is -2.22. The van der Waals surface area contributed by atoms with Crippen molar-refractivity contribution in [2.45, 2.75) is 33.6 Å². The topological polar surface area (TPSA) is 44.6 Å². The van der Waals surface area contributed by atoms with Crippen molar-refractivity contribution in [3.63, 3.8) is 0 Å². The number of hydrogen-bond acceptors (Lipinski definition) is 2. The lowest BCUT2D eigenvalue weighted by atomic mass is 10.0. The summed E-state index contributed by atoms with van der Waals surface area (Å²) in [6.07, 6.45) is 8.29. The number of halogens is 1. The predicted octanol–water partition coefficient (Wildman–Crippen LogP) is 4.76. The van der Waals surface area contributed by atoms with Crippen LogP contribution in [-0.4, -0.2) is 11.0 Å². The Labute approximate surface area is 136 Å². The summed E-state index contributed by atoms with van der Waals surface area (Å²) in [5, 5.41) is 9.44. The molecule has 4 heteroatoms. The van der Waals surface area contributed by atoms with Crippen LogP contribution in [0, 0.1) is 11.7 Å². The van der Waals surface area contributed by atoms with Gasteiger partial charge in [-0.05, 0) is 63.3 Å². The molecule has 1 aromatic carbocycles. The lowest BCUT2D eigenvalue weighted by Gasteiger charge is -2.11. The Bertz CT molecular complexity index is 682. The maximum Gasteiger partial charge on any atom is 0.160 e. The second-order valence-electron chi connectivity index (χ2n) is 5.63. The normalized spacial score (nSPS) is 17.4. The van der Waals surface area contributed by atoms with E-state index in [1.54, 1.807) is 18.2 Å². The molecule has 23 heavy (non-hydrogen) atoms.